The van der Waals surface area contributed by atoms with E-state index in [4.69, 9.17) is 0 Å². The Morgan fingerprint density at radius 2 is 1.83 bits per heavy atom. The van der Waals surface area contributed by atoms with Gasteiger partial charge in [-0.3, -0.25) is 0 Å². The van der Waals surface area contributed by atoms with E-state index in [1.807, 2.05) is 0 Å². The lowest BCUT2D eigenvalue weighted by Crippen LogP contribution is -1.75. The normalized spacial score (nSPS) is 13.3. The average molecular weight is 173 g/mol. The van der Waals surface area contributed by atoms with Crippen LogP contribution in [0.4, 0.5) is 5.69 Å². The molecule has 0 spiro atoms. The fraction of sp³-hybridized carbons (Fsp3) is 0. The van der Waals surface area contributed by atoms with Crippen LogP contribution in [0.25, 0.3) is 10.8 Å². The second-order valence-electron chi connectivity index (χ2n) is 2.86. The van der Waals surface area contributed by atoms with Crippen molar-refractivity contribution < 1.29 is 0 Å². The maximum Gasteiger partial charge on any atom is 0.0533 e. The Kier molecular flexibility index (Phi) is 1.15. The first-order valence-corrected chi connectivity index (χ1v) is 4.71. The van der Waals surface area contributed by atoms with Crippen LogP contribution >= 0.6 is 11.9 Å². The molecule has 0 amide bonds. The van der Waals surface area contributed by atoms with Gasteiger partial charge in [0.05, 0.1) is 5.69 Å². The lowest BCUT2D eigenvalue weighted by molar-refractivity contribution is 1.58. The highest BCUT2D eigenvalue weighted by Crippen LogP contribution is 2.40. The zero-order valence-corrected chi connectivity index (χ0v) is 7.19. The molecule has 1 aliphatic rings. The molecule has 3 rings (SSSR count). The first-order chi connectivity index (χ1) is 5.95. The molecule has 2 heteroatoms. The summed E-state index contributed by atoms with van der Waals surface area (Å²) >= 11 is 1.70. The quantitative estimate of drug-likeness (QED) is 0.613. The summed E-state index contributed by atoms with van der Waals surface area (Å²) in [5.41, 5.74) is 1.24. The van der Waals surface area contributed by atoms with E-state index in [0.29, 0.717) is 0 Å². The molecular formula is C10H7NS. The highest BCUT2D eigenvalue weighted by molar-refractivity contribution is 8.01. The molecule has 0 aromatic heterocycles. The first-order valence-electron chi connectivity index (χ1n) is 3.90. The zero-order valence-electron chi connectivity index (χ0n) is 6.37. The summed E-state index contributed by atoms with van der Waals surface area (Å²) in [6, 6.07) is 12.7. The van der Waals surface area contributed by atoms with Crippen molar-refractivity contribution in [2.24, 2.45) is 0 Å². The van der Waals surface area contributed by atoms with Crippen molar-refractivity contribution in [2.75, 3.05) is 4.72 Å². The Hall–Kier alpha value is -1.15. The molecule has 1 N–H and O–H groups in total. The van der Waals surface area contributed by atoms with Gasteiger partial charge in [0.25, 0.3) is 0 Å². The molecule has 2 aromatic rings. The summed E-state index contributed by atoms with van der Waals surface area (Å²) in [6.45, 7) is 0. The summed E-state index contributed by atoms with van der Waals surface area (Å²) in [5, 5.41) is 2.69. The third-order valence-electron chi connectivity index (χ3n) is 2.14. The van der Waals surface area contributed by atoms with Crippen molar-refractivity contribution >= 4 is 28.4 Å². The topological polar surface area (TPSA) is 12.0 Å². The van der Waals surface area contributed by atoms with E-state index in [2.05, 4.69) is 41.1 Å². The zero-order chi connectivity index (χ0) is 7.97. The Balaban J connectivity index is 2.58. The van der Waals surface area contributed by atoms with Gasteiger partial charge in [0, 0.05) is 10.3 Å². The first kappa shape index (κ1) is 6.38. The van der Waals surface area contributed by atoms with Crippen molar-refractivity contribution in [1.82, 2.24) is 0 Å². The number of nitrogens with one attached hydrogen (secondary N) is 1. The standard InChI is InChI=1S/C10H7NS/c1-3-7-4-2-6-9-10(7)8(5-1)11-12-9/h1-6,11H. The van der Waals surface area contributed by atoms with E-state index in [1.54, 1.807) is 11.9 Å². The van der Waals surface area contributed by atoms with Gasteiger partial charge in [-0.25, -0.2) is 0 Å². The molecule has 0 unspecified atom stereocenters. The fourth-order valence-corrected chi connectivity index (χ4v) is 2.45. The Morgan fingerprint density at radius 3 is 2.75 bits per heavy atom. The van der Waals surface area contributed by atoms with Gasteiger partial charge in [-0.05, 0) is 29.5 Å². The highest BCUT2D eigenvalue weighted by Gasteiger charge is 2.12. The largest absolute Gasteiger partial charge is 0.325 e. The average Bonchev–Trinajstić information content (AvgIpc) is 2.52. The van der Waals surface area contributed by atoms with Crippen LogP contribution in [0.5, 0.6) is 0 Å². The van der Waals surface area contributed by atoms with E-state index in [1.165, 1.54) is 21.4 Å². The number of hydrogen-bond acceptors (Lipinski definition) is 2. The molecule has 2 aromatic carbocycles. The fourth-order valence-electron chi connectivity index (χ4n) is 1.59. The molecule has 0 radical (unpaired) electrons. The number of hydrogen-bond donors (Lipinski definition) is 1. The Bertz CT molecular complexity index is 412. The molecule has 1 nitrogen and oxygen atoms in total. The molecule has 0 aliphatic carbocycles. The van der Waals surface area contributed by atoms with Gasteiger partial charge >= 0.3 is 0 Å². The van der Waals surface area contributed by atoms with E-state index in [9.17, 15) is 0 Å². The van der Waals surface area contributed by atoms with E-state index in [-0.39, 0.29) is 0 Å². The van der Waals surface area contributed by atoms with Crippen molar-refractivity contribution in [3.05, 3.63) is 36.4 Å². The Labute approximate surface area is 74.9 Å². The van der Waals surface area contributed by atoms with Crippen molar-refractivity contribution in [3.8, 4) is 0 Å². The van der Waals surface area contributed by atoms with E-state index in [0.717, 1.165) is 0 Å². The lowest BCUT2D eigenvalue weighted by Gasteiger charge is -1.97. The third-order valence-corrected chi connectivity index (χ3v) is 3.02. The van der Waals surface area contributed by atoms with Crippen LogP contribution in [0.2, 0.25) is 0 Å². The molecule has 1 heterocycles. The van der Waals surface area contributed by atoms with Crippen LogP contribution in [-0.4, -0.2) is 0 Å². The summed E-state index contributed by atoms with van der Waals surface area (Å²) in [7, 11) is 0. The SMILES string of the molecule is c1cc2c3c(cccc3c1)SN2. The molecule has 1 aliphatic heterocycles. The molecular weight excluding hydrogens is 166 g/mol. The van der Waals surface area contributed by atoms with Crippen LogP contribution in [0.1, 0.15) is 0 Å². The smallest absolute Gasteiger partial charge is 0.0533 e. The monoisotopic (exact) mass is 173 g/mol. The Morgan fingerprint density at radius 1 is 1.00 bits per heavy atom. The van der Waals surface area contributed by atoms with Gasteiger partial charge in [0.2, 0.25) is 0 Å². The molecule has 12 heavy (non-hydrogen) atoms. The van der Waals surface area contributed by atoms with Crippen LogP contribution in [0, 0.1) is 0 Å². The summed E-state index contributed by atoms with van der Waals surface area (Å²) < 4.78 is 3.29. The van der Waals surface area contributed by atoms with Gasteiger partial charge in [0.1, 0.15) is 0 Å². The third kappa shape index (κ3) is 0.703. The molecule has 58 valence electrons. The predicted molar refractivity (Wildman–Crippen MR) is 53.4 cm³/mol. The van der Waals surface area contributed by atoms with Gasteiger partial charge < -0.3 is 4.72 Å². The predicted octanol–water partition coefficient (Wildman–Crippen LogP) is 3.27. The van der Waals surface area contributed by atoms with Gasteiger partial charge in [-0.15, -0.1) is 0 Å². The highest BCUT2D eigenvalue weighted by atomic mass is 32.2. The van der Waals surface area contributed by atoms with Gasteiger partial charge in [0.15, 0.2) is 0 Å². The molecule has 0 bridgehead atoms. The van der Waals surface area contributed by atoms with Gasteiger partial charge in [-0.1, -0.05) is 24.3 Å². The maximum atomic E-state index is 3.29. The van der Waals surface area contributed by atoms with Crippen LogP contribution in [0.15, 0.2) is 41.3 Å². The molecule has 0 atom stereocenters. The minimum absolute atomic E-state index is 1.24. The number of anilines is 1. The van der Waals surface area contributed by atoms with Gasteiger partial charge in [-0.2, -0.15) is 0 Å². The van der Waals surface area contributed by atoms with E-state index >= 15 is 0 Å². The van der Waals surface area contributed by atoms with Crippen molar-refractivity contribution in [2.45, 2.75) is 4.90 Å². The minimum Gasteiger partial charge on any atom is -0.325 e. The van der Waals surface area contributed by atoms with Crippen LogP contribution in [-0.2, 0) is 0 Å². The van der Waals surface area contributed by atoms with Crippen molar-refractivity contribution in [3.63, 3.8) is 0 Å². The minimum atomic E-state index is 1.24. The van der Waals surface area contributed by atoms with Crippen LogP contribution < -0.4 is 4.72 Å². The maximum absolute atomic E-state index is 3.29. The molecule has 0 saturated heterocycles. The lowest BCUT2D eigenvalue weighted by atomic mass is 10.1. The molecule has 0 fully saturated rings. The molecule has 0 saturated carbocycles. The second-order valence-corrected chi connectivity index (χ2v) is 3.71. The van der Waals surface area contributed by atoms with E-state index < -0.39 is 0 Å². The van der Waals surface area contributed by atoms with Crippen LogP contribution in [0.3, 0.4) is 0 Å². The number of benzene rings is 2. The second kappa shape index (κ2) is 2.17. The summed E-state index contributed by atoms with van der Waals surface area (Å²) in [4.78, 5) is 1.34. The summed E-state index contributed by atoms with van der Waals surface area (Å²) in [6.07, 6.45) is 0. The van der Waals surface area contributed by atoms with Crippen molar-refractivity contribution in [1.29, 1.82) is 0 Å². The number of rotatable bonds is 0. The summed E-state index contributed by atoms with van der Waals surface area (Å²) in [5.74, 6) is 0.